The molecule has 0 radical (unpaired) electrons. The molecule has 0 bridgehead atoms. The lowest BCUT2D eigenvalue weighted by Gasteiger charge is -2.10. The Hall–Kier alpha value is -2.88. The van der Waals surface area contributed by atoms with E-state index >= 15 is 0 Å². The van der Waals surface area contributed by atoms with Crippen molar-refractivity contribution in [3.63, 3.8) is 0 Å². The number of nitrogens with zero attached hydrogens (tertiary/aromatic N) is 1. The molecule has 4 heteroatoms. The van der Waals surface area contributed by atoms with Crippen molar-refractivity contribution in [2.45, 2.75) is 25.7 Å². The number of hydrogen-bond acceptors (Lipinski definition) is 4. The van der Waals surface area contributed by atoms with Crippen molar-refractivity contribution in [1.82, 2.24) is 4.98 Å². The van der Waals surface area contributed by atoms with E-state index in [4.69, 9.17) is 9.15 Å². The molecule has 0 aliphatic carbocycles. The molecule has 0 N–H and O–H groups in total. The highest BCUT2D eigenvalue weighted by Crippen LogP contribution is 2.29. The second kappa shape index (κ2) is 8.83. The number of aldehydes is 1. The number of aryl methyl sites for hydroxylation is 1. The summed E-state index contributed by atoms with van der Waals surface area (Å²) >= 11 is 0. The minimum Gasteiger partial charge on any atom is -0.493 e. The van der Waals surface area contributed by atoms with Crippen molar-refractivity contribution in [3.8, 4) is 17.0 Å². The zero-order valence-electron chi connectivity index (χ0n) is 14.1. The van der Waals surface area contributed by atoms with Crippen LogP contribution in [0.1, 0.15) is 35.2 Å². The van der Waals surface area contributed by atoms with Crippen molar-refractivity contribution in [3.05, 3.63) is 72.3 Å². The number of ether oxygens (including phenoxy) is 1. The topological polar surface area (TPSA) is 52.3 Å². The Labute approximate surface area is 147 Å². The highest BCUT2D eigenvalue weighted by Gasteiger charge is 2.10. The van der Waals surface area contributed by atoms with Crippen LogP contribution in [0.15, 0.2) is 65.6 Å². The summed E-state index contributed by atoms with van der Waals surface area (Å²) < 4.78 is 11.0. The quantitative estimate of drug-likeness (QED) is 0.410. The molecule has 2 aromatic carbocycles. The van der Waals surface area contributed by atoms with E-state index in [-0.39, 0.29) is 0 Å². The van der Waals surface area contributed by atoms with Crippen molar-refractivity contribution >= 4 is 6.29 Å². The molecule has 0 spiro atoms. The number of rotatable bonds is 9. The van der Waals surface area contributed by atoms with Gasteiger partial charge in [0.25, 0.3) is 0 Å². The zero-order valence-corrected chi connectivity index (χ0v) is 14.1. The van der Waals surface area contributed by atoms with Crippen LogP contribution in [0.5, 0.6) is 5.75 Å². The van der Waals surface area contributed by atoms with Crippen molar-refractivity contribution in [1.29, 1.82) is 0 Å². The van der Waals surface area contributed by atoms with E-state index in [9.17, 15) is 4.79 Å². The Kier molecular flexibility index (Phi) is 5.99. The minimum atomic E-state index is 0.591. The number of benzene rings is 2. The third-order valence-corrected chi connectivity index (χ3v) is 4.06. The van der Waals surface area contributed by atoms with Gasteiger partial charge in [-0.1, -0.05) is 30.3 Å². The van der Waals surface area contributed by atoms with Crippen LogP contribution >= 0.6 is 0 Å². The Bertz CT molecular complexity index is 782. The van der Waals surface area contributed by atoms with Gasteiger partial charge in [0.15, 0.2) is 6.39 Å². The van der Waals surface area contributed by atoms with E-state index in [1.54, 1.807) is 18.4 Å². The molecular formula is C21H21NO3. The van der Waals surface area contributed by atoms with Crippen LogP contribution in [0.4, 0.5) is 0 Å². The van der Waals surface area contributed by atoms with E-state index in [1.807, 2.05) is 12.1 Å². The molecule has 0 saturated heterocycles. The summed E-state index contributed by atoms with van der Waals surface area (Å²) in [5.41, 5.74) is 3.42. The maximum atomic E-state index is 11.0. The first kappa shape index (κ1) is 17.0. The summed E-state index contributed by atoms with van der Waals surface area (Å²) in [4.78, 5) is 15.2. The third kappa shape index (κ3) is 4.80. The normalized spacial score (nSPS) is 10.6. The maximum Gasteiger partial charge on any atom is 0.181 e. The monoisotopic (exact) mass is 335 g/mol. The number of hydrogen-bond donors (Lipinski definition) is 0. The molecule has 0 saturated carbocycles. The van der Waals surface area contributed by atoms with Crippen molar-refractivity contribution in [2.24, 2.45) is 0 Å². The van der Waals surface area contributed by atoms with Crippen LogP contribution in [0, 0.1) is 0 Å². The van der Waals surface area contributed by atoms with Crippen LogP contribution in [0.25, 0.3) is 11.3 Å². The zero-order chi connectivity index (χ0) is 17.3. The van der Waals surface area contributed by atoms with Crippen molar-refractivity contribution < 1.29 is 13.9 Å². The molecule has 3 aromatic rings. The van der Waals surface area contributed by atoms with Crippen LogP contribution < -0.4 is 4.74 Å². The molecule has 0 atom stereocenters. The standard InChI is InChI=1S/C21H21NO3/c23-14-18-10-11-21(19(13-18)20-15-24-16-22-20)25-12-6-2-5-9-17-7-3-1-4-8-17/h1,3-4,7-8,10-11,13-16H,2,5-6,9,12H2. The largest absolute Gasteiger partial charge is 0.493 e. The van der Waals surface area contributed by atoms with Gasteiger partial charge < -0.3 is 9.15 Å². The summed E-state index contributed by atoms with van der Waals surface area (Å²) in [5, 5.41) is 0. The van der Waals surface area contributed by atoms with E-state index in [1.165, 1.54) is 12.0 Å². The van der Waals surface area contributed by atoms with E-state index in [2.05, 4.69) is 29.2 Å². The molecule has 3 rings (SSSR count). The van der Waals surface area contributed by atoms with Gasteiger partial charge in [0.2, 0.25) is 0 Å². The summed E-state index contributed by atoms with van der Waals surface area (Å²) in [7, 11) is 0. The molecule has 0 aliphatic heterocycles. The molecule has 128 valence electrons. The van der Waals surface area contributed by atoms with Gasteiger partial charge in [-0.2, -0.15) is 0 Å². The van der Waals surface area contributed by atoms with Gasteiger partial charge >= 0.3 is 0 Å². The molecule has 1 aromatic heterocycles. The second-order valence-electron chi connectivity index (χ2n) is 5.89. The number of carbonyl (C=O) groups excluding carboxylic acids is 1. The maximum absolute atomic E-state index is 11.0. The molecule has 0 unspecified atom stereocenters. The lowest BCUT2D eigenvalue weighted by molar-refractivity contribution is 0.112. The van der Waals surface area contributed by atoms with E-state index < -0.39 is 0 Å². The van der Waals surface area contributed by atoms with Gasteiger partial charge in [0, 0.05) is 11.1 Å². The predicted octanol–water partition coefficient (Wildman–Crippen LogP) is 4.95. The minimum absolute atomic E-state index is 0.591. The Morgan fingerprint density at radius 2 is 1.92 bits per heavy atom. The molecule has 25 heavy (non-hydrogen) atoms. The number of aromatic nitrogens is 1. The van der Waals surface area contributed by atoms with Gasteiger partial charge in [-0.15, -0.1) is 0 Å². The van der Waals surface area contributed by atoms with Crippen LogP contribution in [-0.2, 0) is 6.42 Å². The Balaban J connectivity index is 1.50. The van der Waals surface area contributed by atoms with Crippen LogP contribution in [0.3, 0.4) is 0 Å². The fourth-order valence-electron chi connectivity index (χ4n) is 2.73. The SMILES string of the molecule is O=Cc1ccc(OCCCCCc2ccccc2)c(-c2cocn2)c1. The number of carbonyl (C=O) groups is 1. The van der Waals surface area contributed by atoms with E-state index in [0.29, 0.717) is 17.9 Å². The van der Waals surface area contributed by atoms with Crippen molar-refractivity contribution in [2.75, 3.05) is 6.61 Å². The fourth-order valence-corrected chi connectivity index (χ4v) is 2.73. The first-order chi connectivity index (χ1) is 12.4. The lowest BCUT2D eigenvalue weighted by atomic mass is 10.1. The first-order valence-corrected chi connectivity index (χ1v) is 8.51. The summed E-state index contributed by atoms with van der Waals surface area (Å²) in [5.74, 6) is 0.725. The number of oxazole rings is 1. The molecular weight excluding hydrogens is 314 g/mol. The highest BCUT2D eigenvalue weighted by atomic mass is 16.5. The molecule has 0 amide bonds. The van der Waals surface area contributed by atoms with Gasteiger partial charge in [0.05, 0.1) is 6.61 Å². The second-order valence-corrected chi connectivity index (χ2v) is 5.89. The highest BCUT2D eigenvalue weighted by molar-refractivity contribution is 5.80. The average molecular weight is 335 g/mol. The van der Waals surface area contributed by atoms with Gasteiger partial charge in [-0.05, 0) is 49.4 Å². The molecule has 0 aliphatic rings. The van der Waals surface area contributed by atoms with E-state index in [0.717, 1.165) is 43.3 Å². The smallest absolute Gasteiger partial charge is 0.181 e. The summed E-state index contributed by atoms with van der Waals surface area (Å²) in [6, 6.07) is 15.9. The Morgan fingerprint density at radius 1 is 1.04 bits per heavy atom. The lowest BCUT2D eigenvalue weighted by Crippen LogP contribution is -2.00. The van der Waals surface area contributed by atoms with Crippen LogP contribution in [0.2, 0.25) is 0 Å². The van der Waals surface area contributed by atoms with Gasteiger partial charge in [0.1, 0.15) is 24.0 Å². The van der Waals surface area contributed by atoms with Gasteiger partial charge in [-0.3, -0.25) is 4.79 Å². The number of unbranched alkanes of at least 4 members (excludes halogenated alkanes) is 2. The first-order valence-electron chi connectivity index (χ1n) is 8.51. The predicted molar refractivity (Wildman–Crippen MR) is 96.8 cm³/mol. The van der Waals surface area contributed by atoms with Gasteiger partial charge in [-0.25, -0.2) is 4.98 Å². The fraction of sp³-hybridized carbons (Fsp3) is 0.238. The summed E-state index contributed by atoms with van der Waals surface area (Å²) in [6.07, 6.45) is 8.08. The third-order valence-electron chi connectivity index (χ3n) is 4.06. The summed E-state index contributed by atoms with van der Waals surface area (Å²) in [6.45, 7) is 0.639. The molecule has 0 fully saturated rings. The Morgan fingerprint density at radius 3 is 2.68 bits per heavy atom. The molecule has 1 heterocycles. The average Bonchev–Trinajstić information content (AvgIpc) is 3.20. The van der Waals surface area contributed by atoms with Crippen LogP contribution in [-0.4, -0.2) is 17.9 Å². The molecule has 4 nitrogen and oxygen atoms in total.